The third kappa shape index (κ3) is 8.06. The van der Waals surface area contributed by atoms with Crippen molar-refractivity contribution < 1.29 is 51.2 Å². The average molecular weight is 623 g/mol. The highest BCUT2D eigenvalue weighted by atomic mass is 19.3. The Morgan fingerprint density at radius 2 is 1.93 bits per heavy atom. The molecule has 0 saturated heterocycles. The van der Waals surface area contributed by atoms with E-state index in [9.17, 15) is 23.5 Å². The quantitative estimate of drug-likeness (QED) is 0.249. The molecule has 1 amide bonds. The van der Waals surface area contributed by atoms with E-state index in [-0.39, 0.29) is 41.2 Å². The maximum atomic E-state index is 15.6. The fraction of sp³-hybridized carbons (Fsp3) is 0.516. The minimum absolute atomic E-state index is 0.0333. The number of nitrogens with zero attached hydrogens (tertiary/aromatic N) is 1. The van der Waals surface area contributed by atoms with Crippen molar-refractivity contribution in [2.75, 3.05) is 13.2 Å². The monoisotopic (exact) mass is 622 g/mol. The van der Waals surface area contributed by atoms with Crippen LogP contribution in [0.5, 0.6) is 11.5 Å². The summed E-state index contributed by atoms with van der Waals surface area (Å²) >= 11 is 0. The second kappa shape index (κ2) is 13.2. The van der Waals surface area contributed by atoms with E-state index in [1.54, 1.807) is 34.6 Å². The lowest BCUT2D eigenvalue weighted by molar-refractivity contribution is -0.148. The molecule has 2 N–H and O–H groups in total. The Hall–Kier alpha value is -4.16. The molecule has 0 aliphatic heterocycles. The average Bonchev–Trinajstić information content (AvgIpc) is 3.65. The summed E-state index contributed by atoms with van der Waals surface area (Å²) in [6, 6.07) is 3.25. The van der Waals surface area contributed by atoms with Crippen LogP contribution in [0, 0.1) is 11.3 Å². The predicted octanol–water partition coefficient (Wildman–Crippen LogP) is 6.76. The van der Waals surface area contributed by atoms with Gasteiger partial charge in [0.25, 0.3) is 0 Å². The molecule has 2 aliphatic rings. The number of carboxylic acids is 1. The first-order valence-electron chi connectivity index (χ1n) is 14.3. The molecule has 2 aromatic rings. The van der Waals surface area contributed by atoms with Crippen LogP contribution in [0.3, 0.4) is 0 Å². The van der Waals surface area contributed by atoms with Crippen LogP contribution in [0.2, 0.25) is 0 Å². The lowest BCUT2D eigenvalue weighted by Gasteiger charge is -2.30. The Balaban J connectivity index is 1.73. The number of oxazole rings is 1. The summed E-state index contributed by atoms with van der Waals surface area (Å²) in [7, 11) is 0. The number of carboxylic acid groups (broad SMARTS) is 1. The van der Waals surface area contributed by atoms with E-state index in [4.69, 9.17) is 18.6 Å². The number of carbonyl (C=O) groups is 2. The number of nitrogens with one attached hydrogen (secondary N) is 1. The topological polar surface area (TPSA) is 129 Å². The molecule has 0 bridgehead atoms. The summed E-state index contributed by atoms with van der Waals surface area (Å²) in [5.74, 6) is -1.03. The number of hydrogen-bond acceptors (Lipinski definition) is 8. The Morgan fingerprint density at radius 1 is 1.20 bits per heavy atom. The van der Waals surface area contributed by atoms with Gasteiger partial charge in [0.15, 0.2) is 11.5 Å². The molecule has 1 saturated carbocycles. The number of alkyl halides is 3. The number of hydrogen-bond donors (Lipinski definition) is 2. The van der Waals surface area contributed by atoms with Crippen molar-refractivity contribution in [2.45, 2.75) is 78.3 Å². The fourth-order valence-corrected chi connectivity index (χ4v) is 4.57. The van der Waals surface area contributed by atoms with Crippen LogP contribution in [0.1, 0.15) is 65.0 Å². The Labute approximate surface area is 253 Å². The van der Waals surface area contributed by atoms with Gasteiger partial charge in [0.1, 0.15) is 28.7 Å². The van der Waals surface area contributed by atoms with Crippen LogP contribution in [-0.2, 0) is 20.7 Å². The summed E-state index contributed by atoms with van der Waals surface area (Å²) < 4.78 is 68.9. The maximum absolute atomic E-state index is 15.6. The van der Waals surface area contributed by atoms with Gasteiger partial charge in [-0.3, -0.25) is 4.79 Å². The van der Waals surface area contributed by atoms with E-state index in [0.717, 1.165) is 18.9 Å². The number of aromatic nitrogens is 1. The molecule has 240 valence electrons. The highest BCUT2D eigenvalue weighted by molar-refractivity contribution is 5.80. The van der Waals surface area contributed by atoms with Gasteiger partial charge in [-0.15, -0.1) is 0 Å². The van der Waals surface area contributed by atoms with Crippen LogP contribution in [0.25, 0.3) is 11.5 Å². The van der Waals surface area contributed by atoms with Gasteiger partial charge in [0.2, 0.25) is 5.89 Å². The molecule has 0 spiro atoms. The van der Waals surface area contributed by atoms with E-state index in [1.807, 2.05) is 0 Å². The van der Waals surface area contributed by atoms with Gasteiger partial charge in [-0.25, -0.2) is 14.2 Å². The third-order valence-corrected chi connectivity index (χ3v) is 6.95. The summed E-state index contributed by atoms with van der Waals surface area (Å²) in [5, 5.41) is 12.8. The van der Waals surface area contributed by atoms with E-state index in [2.05, 4.69) is 15.0 Å². The van der Waals surface area contributed by atoms with Gasteiger partial charge in [-0.2, -0.15) is 8.78 Å². The normalized spacial score (nSPS) is 20.6. The van der Waals surface area contributed by atoms with E-state index in [0.29, 0.717) is 18.1 Å². The number of aliphatic carboxylic acids is 1. The van der Waals surface area contributed by atoms with E-state index >= 15 is 4.39 Å². The lowest BCUT2D eigenvalue weighted by atomic mass is 9.75. The van der Waals surface area contributed by atoms with E-state index in [1.165, 1.54) is 30.4 Å². The van der Waals surface area contributed by atoms with Crippen LogP contribution >= 0.6 is 0 Å². The number of carbonyl (C=O) groups excluding carboxylic acids is 1. The molecule has 3 atom stereocenters. The SMILES string of the molecule is CCOC1=CC(F)C(Cc2nc(-c3ccc(OC(F)F)c(OCC4CC4)c3)oc2C(C)NC(=O)OC(C)(C)C)(C(=O)O)C=C1. The summed E-state index contributed by atoms with van der Waals surface area (Å²) in [4.78, 5) is 29.6. The molecule has 44 heavy (non-hydrogen) atoms. The highest BCUT2D eigenvalue weighted by Crippen LogP contribution is 2.41. The number of rotatable bonds is 13. The molecule has 1 heterocycles. The van der Waals surface area contributed by atoms with Gasteiger partial charge in [-0.1, -0.05) is 6.08 Å². The highest BCUT2D eigenvalue weighted by Gasteiger charge is 2.47. The smallest absolute Gasteiger partial charge is 0.408 e. The Morgan fingerprint density at radius 3 is 2.52 bits per heavy atom. The minimum atomic E-state index is -3.08. The summed E-state index contributed by atoms with van der Waals surface area (Å²) in [5.41, 5.74) is -2.51. The van der Waals surface area contributed by atoms with Crippen molar-refractivity contribution >= 4 is 12.1 Å². The number of amides is 1. The van der Waals surface area contributed by atoms with Crippen molar-refractivity contribution in [3.05, 3.63) is 53.6 Å². The van der Waals surface area contributed by atoms with Gasteiger partial charge >= 0.3 is 18.7 Å². The second-order valence-corrected chi connectivity index (χ2v) is 11.8. The number of benzene rings is 1. The predicted molar refractivity (Wildman–Crippen MR) is 152 cm³/mol. The van der Waals surface area contributed by atoms with Crippen LogP contribution in [0.15, 0.2) is 46.6 Å². The van der Waals surface area contributed by atoms with Crippen LogP contribution in [-0.4, -0.2) is 53.8 Å². The minimum Gasteiger partial charge on any atom is -0.494 e. The third-order valence-electron chi connectivity index (χ3n) is 6.95. The molecule has 4 rings (SSSR count). The first-order valence-corrected chi connectivity index (χ1v) is 14.3. The molecule has 1 aromatic carbocycles. The van der Waals surface area contributed by atoms with Gasteiger partial charge < -0.3 is 33.8 Å². The zero-order valence-corrected chi connectivity index (χ0v) is 25.2. The molecule has 1 aromatic heterocycles. The molecule has 2 aliphatic carbocycles. The van der Waals surface area contributed by atoms with Crippen molar-refractivity contribution in [1.82, 2.24) is 10.3 Å². The maximum Gasteiger partial charge on any atom is 0.408 e. The Kier molecular flexibility index (Phi) is 9.85. The van der Waals surface area contributed by atoms with Gasteiger partial charge in [-0.05, 0) is 83.7 Å². The number of alkyl carbamates (subject to hydrolysis) is 1. The summed E-state index contributed by atoms with van der Waals surface area (Å²) in [6.45, 7) is 5.87. The zero-order valence-electron chi connectivity index (χ0n) is 25.2. The van der Waals surface area contributed by atoms with Crippen LogP contribution < -0.4 is 14.8 Å². The molecule has 10 nitrogen and oxygen atoms in total. The van der Waals surface area contributed by atoms with Crippen molar-refractivity contribution in [3.63, 3.8) is 0 Å². The first kappa shape index (κ1) is 32.7. The molecule has 13 heteroatoms. The molecule has 1 fully saturated rings. The van der Waals surface area contributed by atoms with Gasteiger partial charge in [0, 0.05) is 12.0 Å². The van der Waals surface area contributed by atoms with Gasteiger partial charge in [0.05, 0.1) is 24.9 Å². The second-order valence-electron chi connectivity index (χ2n) is 11.8. The number of ether oxygens (including phenoxy) is 4. The van der Waals surface area contributed by atoms with Crippen molar-refractivity contribution in [3.8, 4) is 23.0 Å². The number of halogens is 3. The fourth-order valence-electron chi connectivity index (χ4n) is 4.57. The molecular weight excluding hydrogens is 585 g/mol. The summed E-state index contributed by atoms with van der Waals surface area (Å²) in [6.07, 6.45) is 2.43. The standard InChI is InChI=1S/C31H37F3N2O8/c1-6-40-20-11-12-31(27(37)38,24(32)14-20)15-21-25(17(2)35-29(39)44-30(3,4)5)43-26(36-21)19-9-10-22(42-28(33)34)23(13-19)41-16-18-7-8-18/h9-14,17-18,24,28H,6-8,15-16H2,1-5H3,(H,35,39)(H,37,38). The lowest BCUT2D eigenvalue weighted by Crippen LogP contribution is -2.42. The molecule has 3 unspecified atom stereocenters. The largest absolute Gasteiger partial charge is 0.494 e. The zero-order chi connectivity index (χ0) is 32.2. The number of allylic oxidation sites excluding steroid dienone is 2. The van der Waals surface area contributed by atoms with E-state index < -0.39 is 48.3 Å². The van der Waals surface area contributed by atoms with Crippen LogP contribution in [0.4, 0.5) is 18.0 Å². The molecule has 0 radical (unpaired) electrons. The Bertz CT molecular complexity index is 1410. The first-order chi connectivity index (χ1) is 20.7. The molecular formula is C31H37F3N2O8. The van der Waals surface area contributed by atoms with Crippen molar-refractivity contribution in [1.29, 1.82) is 0 Å². The van der Waals surface area contributed by atoms with Crippen molar-refractivity contribution in [2.24, 2.45) is 11.3 Å².